The SMILES string of the molecule is CC[C@H](C)N(Cc1c(C)nn(-c2ccccc2)c1Oc1ccc(OC)cc1)C(=O)c1ccc(Cl)cc1. The van der Waals surface area contributed by atoms with E-state index in [1.165, 1.54) is 0 Å². The van der Waals surface area contributed by atoms with Crippen molar-refractivity contribution in [1.82, 2.24) is 14.7 Å². The summed E-state index contributed by atoms with van der Waals surface area (Å²) in [5.74, 6) is 1.89. The van der Waals surface area contributed by atoms with Crippen LogP contribution in [0.5, 0.6) is 17.4 Å². The number of carbonyl (C=O) groups excluding carboxylic acids is 1. The van der Waals surface area contributed by atoms with E-state index in [1.54, 1.807) is 36.1 Å². The number of ether oxygens (including phenoxy) is 2. The molecule has 0 aliphatic heterocycles. The molecule has 3 aromatic carbocycles. The van der Waals surface area contributed by atoms with Gasteiger partial charge >= 0.3 is 0 Å². The first-order valence-corrected chi connectivity index (χ1v) is 12.3. The second-order valence-electron chi connectivity index (χ2n) is 8.59. The van der Waals surface area contributed by atoms with Crippen molar-refractivity contribution in [1.29, 1.82) is 0 Å². The van der Waals surface area contributed by atoms with Crippen molar-refractivity contribution < 1.29 is 14.3 Å². The zero-order chi connectivity index (χ0) is 25.7. The summed E-state index contributed by atoms with van der Waals surface area (Å²) in [6.07, 6.45) is 0.805. The van der Waals surface area contributed by atoms with Gasteiger partial charge in [0, 0.05) is 16.6 Å². The molecule has 0 fully saturated rings. The molecule has 0 unspecified atom stereocenters. The first-order valence-electron chi connectivity index (χ1n) is 11.9. The summed E-state index contributed by atoms with van der Waals surface area (Å²) in [5, 5.41) is 5.40. The summed E-state index contributed by atoms with van der Waals surface area (Å²) in [4.78, 5) is 15.5. The van der Waals surface area contributed by atoms with Crippen LogP contribution in [0.25, 0.3) is 5.69 Å². The van der Waals surface area contributed by atoms with Crippen molar-refractivity contribution in [2.75, 3.05) is 7.11 Å². The Bertz CT molecular complexity index is 1300. The number of carbonyl (C=O) groups is 1. The Morgan fingerprint density at radius 2 is 1.64 bits per heavy atom. The molecule has 4 aromatic rings. The van der Waals surface area contributed by atoms with Gasteiger partial charge < -0.3 is 14.4 Å². The van der Waals surface area contributed by atoms with Crippen molar-refractivity contribution in [3.63, 3.8) is 0 Å². The highest BCUT2D eigenvalue weighted by Crippen LogP contribution is 2.33. The number of nitrogens with zero attached hydrogens (tertiary/aromatic N) is 3. The lowest BCUT2D eigenvalue weighted by Gasteiger charge is -2.29. The topological polar surface area (TPSA) is 56.6 Å². The van der Waals surface area contributed by atoms with Crippen LogP contribution < -0.4 is 9.47 Å². The van der Waals surface area contributed by atoms with E-state index in [0.29, 0.717) is 28.8 Å². The smallest absolute Gasteiger partial charge is 0.254 e. The predicted octanol–water partition coefficient (Wildman–Crippen LogP) is 7.08. The van der Waals surface area contributed by atoms with Gasteiger partial charge in [-0.2, -0.15) is 5.10 Å². The monoisotopic (exact) mass is 503 g/mol. The second-order valence-corrected chi connectivity index (χ2v) is 9.03. The van der Waals surface area contributed by atoms with Crippen molar-refractivity contribution in [3.05, 3.63) is 101 Å². The van der Waals surface area contributed by atoms with E-state index in [4.69, 9.17) is 26.2 Å². The molecule has 186 valence electrons. The molecule has 0 bridgehead atoms. The molecule has 0 spiro atoms. The minimum atomic E-state index is -0.0664. The molecule has 1 heterocycles. The zero-order valence-corrected chi connectivity index (χ0v) is 21.7. The van der Waals surface area contributed by atoms with Crippen molar-refractivity contribution in [3.8, 4) is 23.1 Å². The maximum absolute atomic E-state index is 13.6. The number of methoxy groups -OCH3 is 1. The van der Waals surface area contributed by atoms with E-state index in [0.717, 1.165) is 29.1 Å². The lowest BCUT2D eigenvalue weighted by molar-refractivity contribution is 0.0670. The van der Waals surface area contributed by atoms with Crippen LogP contribution in [0.4, 0.5) is 0 Å². The van der Waals surface area contributed by atoms with Gasteiger partial charge in [0.15, 0.2) is 0 Å². The van der Waals surface area contributed by atoms with Gasteiger partial charge in [-0.25, -0.2) is 4.68 Å². The normalized spacial score (nSPS) is 11.7. The minimum Gasteiger partial charge on any atom is -0.497 e. The van der Waals surface area contributed by atoms with Crippen LogP contribution in [-0.4, -0.2) is 33.7 Å². The Kier molecular flexibility index (Phi) is 7.96. The standard InChI is InChI=1S/C29H30ClN3O3/c1-5-20(2)32(28(34)22-11-13-23(30)14-12-22)19-27-21(3)31-33(24-9-7-6-8-10-24)29(27)36-26-17-15-25(35-4)16-18-26/h6-18,20H,5,19H2,1-4H3/t20-/m0/s1. The van der Waals surface area contributed by atoms with E-state index in [2.05, 4.69) is 13.8 Å². The van der Waals surface area contributed by atoms with E-state index < -0.39 is 0 Å². The quantitative estimate of drug-likeness (QED) is 0.245. The maximum atomic E-state index is 13.6. The van der Waals surface area contributed by atoms with Gasteiger partial charge in [-0.15, -0.1) is 0 Å². The van der Waals surface area contributed by atoms with E-state index >= 15 is 0 Å². The third-order valence-electron chi connectivity index (χ3n) is 6.22. The highest BCUT2D eigenvalue weighted by Gasteiger charge is 2.27. The molecule has 4 rings (SSSR count). The van der Waals surface area contributed by atoms with Crippen LogP contribution in [0.15, 0.2) is 78.9 Å². The number of benzene rings is 3. The number of hydrogen-bond donors (Lipinski definition) is 0. The third-order valence-corrected chi connectivity index (χ3v) is 6.47. The van der Waals surface area contributed by atoms with Gasteiger partial charge in [-0.05, 0) is 80.9 Å². The van der Waals surface area contributed by atoms with Crippen molar-refractivity contribution in [2.24, 2.45) is 0 Å². The molecule has 0 aliphatic rings. The lowest BCUT2D eigenvalue weighted by Crippen LogP contribution is -2.38. The third kappa shape index (κ3) is 5.55. The summed E-state index contributed by atoms with van der Waals surface area (Å²) >= 11 is 6.05. The molecule has 7 heteroatoms. The Morgan fingerprint density at radius 3 is 2.25 bits per heavy atom. The Balaban J connectivity index is 1.76. The molecular formula is C29H30ClN3O3. The Hall–Kier alpha value is -3.77. The molecule has 1 amide bonds. The fourth-order valence-electron chi connectivity index (χ4n) is 3.90. The number of rotatable bonds is 9. The van der Waals surface area contributed by atoms with Gasteiger partial charge in [-0.3, -0.25) is 4.79 Å². The molecule has 0 radical (unpaired) electrons. The molecule has 0 saturated heterocycles. The average Bonchev–Trinajstić information content (AvgIpc) is 3.22. The molecule has 1 atom stereocenters. The summed E-state index contributed by atoms with van der Waals surface area (Å²) < 4.78 is 13.5. The number of amides is 1. The van der Waals surface area contributed by atoms with Crippen LogP contribution in [0.1, 0.15) is 41.9 Å². The molecule has 1 aromatic heterocycles. The number of aromatic nitrogens is 2. The van der Waals surface area contributed by atoms with Crippen molar-refractivity contribution >= 4 is 17.5 Å². The van der Waals surface area contributed by atoms with Gasteiger partial charge in [-0.1, -0.05) is 36.7 Å². The van der Waals surface area contributed by atoms with Gasteiger partial charge in [0.1, 0.15) is 11.5 Å². The highest BCUT2D eigenvalue weighted by molar-refractivity contribution is 6.30. The molecular weight excluding hydrogens is 474 g/mol. The largest absolute Gasteiger partial charge is 0.497 e. The summed E-state index contributed by atoms with van der Waals surface area (Å²) in [6, 6.07) is 24.2. The lowest BCUT2D eigenvalue weighted by atomic mass is 10.1. The van der Waals surface area contributed by atoms with Gasteiger partial charge in [0.05, 0.1) is 30.6 Å². The van der Waals surface area contributed by atoms with E-state index in [1.807, 2.05) is 66.4 Å². The molecule has 0 saturated carbocycles. The first kappa shape index (κ1) is 25.3. The van der Waals surface area contributed by atoms with Crippen LogP contribution in [0, 0.1) is 6.92 Å². The molecule has 36 heavy (non-hydrogen) atoms. The number of aryl methyl sites for hydroxylation is 1. The molecule has 0 aliphatic carbocycles. The predicted molar refractivity (Wildman–Crippen MR) is 142 cm³/mol. The maximum Gasteiger partial charge on any atom is 0.254 e. The second kappa shape index (κ2) is 11.3. The summed E-state index contributed by atoms with van der Waals surface area (Å²) in [7, 11) is 1.63. The van der Waals surface area contributed by atoms with E-state index in [9.17, 15) is 4.79 Å². The van der Waals surface area contributed by atoms with Crippen LogP contribution in [0.2, 0.25) is 5.02 Å². The number of halogens is 1. The zero-order valence-electron chi connectivity index (χ0n) is 20.9. The van der Waals surface area contributed by atoms with Crippen LogP contribution >= 0.6 is 11.6 Å². The first-order chi connectivity index (χ1) is 17.4. The number of para-hydroxylation sites is 1. The minimum absolute atomic E-state index is 0.00138. The van der Waals surface area contributed by atoms with Gasteiger partial charge in [0.2, 0.25) is 5.88 Å². The van der Waals surface area contributed by atoms with Crippen molar-refractivity contribution in [2.45, 2.75) is 39.8 Å². The Labute approximate surface area is 217 Å². The van der Waals surface area contributed by atoms with Crippen LogP contribution in [-0.2, 0) is 6.54 Å². The van der Waals surface area contributed by atoms with Gasteiger partial charge in [0.25, 0.3) is 5.91 Å². The molecule has 0 N–H and O–H groups in total. The summed E-state index contributed by atoms with van der Waals surface area (Å²) in [6.45, 7) is 6.41. The number of hydrogen-bond acceptors (Lipinski definition) is 4. The van der Waals surface area contributed by atoms with E-state index in [-0.39, 0.29) is 11.9 Å². The fraction of sp³-hybridized carbons (Fsp3) is 0.241. The Morgan fingerprint density at radius 1 is 1.00 bits per heavy atom. The highest BCUT2D eigenvalue weighted by atomic mass is 35.5. The average molecular weight is 504 g/mol. The summed E-state index contributed by atoms with van der Waals surface area (Å²) in [5.41, 5.74) is 3.09. The fourth-order valence-corrected chi connectivity index (χ4v) is 4.03. The van der Waals surface area contributed by atoms with Crippen LogP contribution in [0.3, 0.4) is 0 Å². The molecule has 6 nitrogen and oxygen atoms in total.